The Kier molecular flexibility index (Phi) is 3.75. The van der Waals surface area contributed by atoms with Crippen molar-refractivity contribution < 1.29 is 13.2 Å². The molecule has 0 aromatic heterocycles. The van der Waals surface area contributed by atoms with Crippen LogP contribution in [0.2, 0.25) is 0 Å². The van der Waals surface area contributed by atoms with Gasteiger partial charge in [0.25, 0.3) is 0 Å². The van der Waals surface area contributed by atoms with E-state index in [0.717, 1.165) is 0 Å². The van der Waals surface area contributed by atoms with Crippen LogP contribution in [0.5, 0.6) is 5.75 Å². The fraction of sp³-hybridized carbons (Fsp3) is 0.455. The van der Waals surface area contributed by atoms with E-state index in [0.29, 0.717) is 22.7 Å². The molecule has 0 unspecified atom stereocenters. The number of hydrogen-bond acceptors (Lipinski definition) is 3. The van der Waals surface area contributed by atoms with E-state index in [4.69, 9.17) is 9.88 Å². The molecule has 1 aliphatic rings. The standard InChI is InChI=1S/C11H14BrNO3S/c12-10-6-9(17(13,14)15)4-5-11(10)16-7-8-2-1-3-8/h4-6,8H,1-3,7H2,(H2,13,14,15). The van der Waals surface area contributed by atoms with Gasteiger partial charge >= 0.3 is 0 Å². The number of benzene rings is 1. The lowest BCUT2D eigenvalue weighted by atomic mass is 9.86. The second-order valence-electron chi connectivity index (χ2n) is 4.25. The van der Waals surface area contributed by atoms with Crippen molar-refractivity contribution in [3.63, 3.8) is 0 Å². The first kappa shape index (κ1) is 12.9. The smallest absolute Gasteiger partial charge is 0.238 e. The SMILES string of the molecule is NS(=O)(=O)c1ccc(OCC2CCC2)c(Br)c1. The number of ether oxygens (including phenoxy) is 1. The molecule has 6 heteroatoms. The zero-order chi connectivity index (χ0) is 12.5. The van der Waals surface area contributed by atoms with E-state index in [1.54, 1.807) is 6.07 Å². The number of rotatable bonds is 4. The van der Waals surface area contributed by atoms with Crippen LogP contribution >= 0.6 is 15.9 Å². The van der Waals surface area contributed by atoms with Gasteiger partial charge in [0, 0.05) is 0 Å². The van der Waals surface area contributed by atoms with Gasteiger partial charge in [-0.15, -0.1) is 0 Å². The third kappa shape index (κ3) is 3.20. The molecule has 1 aromatic carbocycles. The molecule has 0 heterocycles. The molecular weight excluding hydrogens is 306 g/mol. The van der Waals surface area contributed by atoms with Crippen molar-refractivity contribution in [3.05, 3.63) is 22.7 Å². The number of primary sulfonamides is 1. The van der Waals surface area contributed by atoms with E-state index in [1.807, 2.05) is 0 Å². The Hall–Kier alpha value is -0.590. The van der Waals surface area contributed by atoms with Crippen molar-refractivity contribution in [2.24, 2.45) is 11.1 Å². The van der Waals surface area contributed by atoms with Gasteiger partial charge in [-0.05, 0) is 52.9 Å². The van der Waals surface area contributed by atoms with Crippen LogP contribution in [0, 0.1) is 5.92 Å². The largest absolute Gasteiger partial charge is 0.492 e. The highest BCUT2D eigenvalue weighted by Gasteiger charge is 2.18. The molecule has 0 atom stereocenters. The predicted molar refractivity (Wildman–Crippen MR) is 68.4 cm³/mol. The molecule has 0 spiro atoms. The van der Waals surface area contributed by atoms with E-state index >= 15 is 0 Å². The molecular formula is C11H14BrNO3S. The molecule has 0 amide bonds. The lowest BCUT2D eigenvalue weighted by Crippen LogP contribution is -2.19. The summed E-state index contributed by atoms with van der Waals surface area (Å²) in [6, 6.07) is 4.55. The Bertz CT molecular complexity index is 511. The number of hydrogen-bond donors (Lipinski definition) is 1. The molecule has 17 heavy (non-hydrogen) atoms. The van der Waals surface area contributed by atoms with Crippen LogP contribution in [-0.2, 0) is 10.0 Å². The number of sulfonamides is 1. The van der Waals surface area contributed by atoms with Gasteiger partial charge in [0.15, 0.2) is 0 Å². The van der Waals surface area contributed by atoms with Gasteiger partial charge in [-0.1, -0.05) is 6.42 Å². The summed E-state index contributed by atoms with van der Waals surface area (Å²) < 4.78 is 28.5. The maximum absolute atomic E-state index is 11.1. The van der Waals surface area contributed by atoms with Crippen molar-refractivity contribution in [3.8, 4) is 5.75 Å². The Balaban J connectivity index is 2.08. The quantitative estimate of drug-likeness (QED) is 0.925. The average Bonchev–Trinajstić information content (AvgIpc) is 2.16. The summed E-state index contributed by atoms with van der Waals surface area (Å²) in [6.45, 7) is 0.688. The first-order chi connectivity index (χ1) is 7.97. The Morgan fingerprint density at radius 2 is 2.12 bits per heavy atom. The van der Waals surface area contributed by atoms with E-state index < -0.39 is 10.0 Å². The minimum absolute atomic E-state index is 0.0837. The van der Waals surface area contributed by atoms with Gasteiger partial charge in [-0.2, -0.15) is 0 Å². The third-order valence-electron chi connectivity index (χ3n) is 2.93. The Morgan fingerprint density at radius 1 is 1.41 bits per heavy atom. The summed E-state index contributed by atoms with van der Waals surface area (Å²) in [7, 11) is -3.65. The van der Waals surface area contributed by atoms with Crippen LogP contribution in [0.4, 0.5) is 0 Å². The highest BCUT2D eigenvalue weighted by molar-refractivity contribution is 9.10. The van der Waals surface area contributed by atoms with E-state index in [2.05, 4.69) is 15.9 Å². The molecule has 1 aromatic rings. The van der Waals surface area contributed by atoms with Crippen molar-refractivity contribution in [1.29, 1.82) is 0 Å². The van der Waals surface area contributed by atoms with Gasteiger partial charge in [-0.3, -0.25) is 0 Å². The summed E-state index contributed by atoms with van der Waals surface area (Å²) in [4.78, 5) is 0.0837. The first-order valence-electron chi connectivity index (χ1n) is 5.42. The van der Waals surface area contributed by atoms with Crippen molar-refractivity contribution in [2.75, 3.05) is 6.61 Å². The fourth-order valence-electron chi connectivity index (χ4n) is 1.64. The molecule has 0 bridgehead atoms. The normalized spacial score (nSPS) is 16.6. The van der Waals surface area contributed by atoms with E-state index in [9.17, 15) is 8.42 Å². The molecule has 0 saturated heterocycles. The molecule has 0 radical (unpaired) electrons. The number of halogens is 1. The van der Waals surface area contributed by atoms with Gasteiger partial charge in [0.05, 0.1) is 16.0 Å². The summed E-state index contributed by atoms with van der Waals surface area (Å²) in [5.41, 5.74) is 0. The lowest BCUT2D eigenvalue weighted by Gasteiger charge is -2.25. The molecule has 2 N–H and O–H groups in total. The van der Waals surface area contributed by atoms with Crippen LogP contribution in [0.15, 0.2) is 27.6 Å². The molecule has 1 saturated carbocycles. The maximum Gasteiger partial charge on any atom is 0.238 e. The van der Waals surface area contributed by atoms with Gasteiger partial charge in [0.2, 0.25) is 10.0 Å². The molecule has 1 aliphatic carbocycles. The van der Waals surface area contributed by atoms with Crippen LogP contribution in [0.1, 0.15) is 19.3 Å². The zero-order valence-corrected chi connectivity index (χ0v) is 11.6. The first-order valence-corrected chi connectivity index (χ1v) is 7.76. The highest BCUT2D eigenvalue weighted by atomic mass is 79.9. The average molecular weight is 320 g/mol. The van der Waals surface area contributed by atoms with Gasteiger partial charge < -0.3 is 4.74 Å². The van der Waals surface area contributed by atoms with Crippen molar-refractivity contribution in [1.82, 2.24) is 0 Å². The highest BCUT2D eigenvalue weighted by Crippen LogP contribution is 2.31. The second-order valence-corrected chi connectivity index (χ2v) is 6.66. The van der Waals surface area contributed by atoms with Crippen molar-refractivity contribution in [2.45, 2.75) is 24.2 Å². The van der Waals surface area contributed by atoms with Crippen LogP contribution in [0.3, 0.4) is 0 Å². The predicted octanol–water partition coefficient (Wildman–Crippen LogP) is 2.28. The minimum Gasteiger partial charge on any atom is -0.492 e. The summed E-state index contributed by atoms with van der Waals surface area (Å²) in [5.74, 6) is 1.30. The molecule has 4 nitrogen and oxygen atoms in total. The molecule has 94 valence electrons. The number of nitrogens with two attached hydrogens (primary N) is 1. The van der Waals surface area contributed by atoms with E-state index in [1.165, 1.54) is 31.4 Å². The Labute approximate surface area is 109 Å². The monoisotopic (exact) mass is 319 g/mol. The summed E-state index contributed by atoms with van der Waals surface area (Å²) >= 11 is 3.28. The van der Waals surface area contributed by atoms with Gasteiger partial charge in [-0.25, -0.2) is 13.6 Å². The minimum atomic E-state index is -3.65. The second kappa shape index (κ2) is 4.96. The fourth-order valence-corrected chi connectivity index (χ4v) is 2.83. The topological polar surface area (TPSA) is 69.4 Å². The van der Waals surface area contributed by atoms with Crippen molar-refractivity contribution >= 4 is 26.0 Å². The van der Waals surface area contributed by atoms with E-state index in [-0.39, 0.29) is 4.90 Å². The third-order valence-corrected chi connectivity index (χ3v) is 4.46. The Morgan fingerprint density at radius 3 is 2.59 bits per heavy atom. The zero-order valence-electron chi connectivity index (χ0n) is 9.23. The molecule has 0 aliphatic heterocycles. The molecule has 2 rings (SSSR count). The van der Waals surface area contributed by atoms with Crippen LogP contribution < -0.4 is 9.88 Å². The maximum atomic E-state index is 11.1. The lowest BCUT2D eigenvalue weighted by molar-refractivity contribution is 0.180. The molecule has 1 fully saturated rings. The summed E-state index contributed by atoms with van der Waals surface area (Å²) in [6.07, 6.45) is 3.71. The van der Waals surface area contributed by atoms with Crippen LogP contribution in [0.25, 0.3) is 0 Å². The summed E-state index contributed by atoms with van der Waals surface area (Å²) in [5, 5.41) is 5.04. The van der Waals surface area contributed by atoms with Gasteiger partial charge in [0.1, 0.15) is 5.75 Å². The van der Waals surface area contributed by atoms with Crippen LogP contribution in [-0.4, -0.2) is 15.0 Å².